The summed E-state index contributed by atoms with van der Waals surface area (Å²) in [6.45, 7) is 6.84. The van der Waals surface area contributed by atoms with Gasteiger partial charge in [0.2, 0.25) is 11.8 Å². The zero-order valence-corrected chi connectivity index (χ0v) is 9.96. The van der Waals surface area contributed by atoms with Crippen molar-refractivity contribution in [3.8, 4) is 0 Å². The van der Waals surface area contributed by atoms with Gasteiger partial charge in [0.15, 0.2) is 0 Å². The van der Waals surface area contributed by atoms with Gasteiger partial charge in [0.1, 0.15) is 0 Å². The molecule has 0 aliphatic rings. The number of hydrogen-bond donors (Lipinski definition) is 2. The predicted octanol–water partition coefficient (Wildman–Crippen LogP) is -0.421. The van der Waals surface area contributed by atoms with Crippen LogP contribution in [0.5, 0.6) is 0 Å². The summed E-state index contributed by atoms with van der Waals surface area (Å²) in [6.07, 6.45) is 0. The molecule has 0 heterocycles. The van der Waals surface area contributed by atoms with Crippen molar-refractivity contribution in [3.05, 3.63) is 0 Å². The van der Waals surface area contributed by atoms with Crippen LogP contribution in [-0.2, 0) is 9.59 Å². The number of likely N-dealkylation sites (N-methyl/N-ethyl adjacent to an activating group) is 2. The van der Waals surface area contributed by atoms with Gasteiger partial charge >= 0.3 is 0 Å². The van der Waals surface area contributed by atoms with Crippen molar-refractivity contribution >= 4 is 11.8 Å². The SMILES string of the molecule is CCNCC(=O)N(C)CC(=O)NC(C)C. The van der Waals surface area contributed by atoms with Gasteiger partial charge in [0.25, 0.3) is 0 Å². The molecule has 0 aromatic rings. The van der Waals surface area contributed by atoms with Crippen LogP contribution in [-0.4, -0.2) is 49.4 Å². The van der Waals surface area contributed by atoms with E-state index in [1.54, 1.807) is 7.05 Å². The number of amides is 2. The van der Waals surface area contributed by atoms with Crippen LogP contribution < -0.4 is 10.6 Å². The Balaban J connectivity index is 3.85. The summed E-state index contributed by atoms with van der Waals surface area (Å²) in [4.78, 5) is 24.1. The van der Waals surface area contributed by atoms with Gasteiger partial charge in [-0.1, -0.05) is 6.92 Å². The molecule has 5 nitrogen and oxygen atoms in total. The third-order valence-electron chi connectivity index (χ3n) is 1.78. The highest BCUT2D eigenvalue weighted by molar-refractivity contribution is 5.85. The Morgan fingerprint density at radius 2 is 1.93 bits per heavy atom. The van der Waals surface area contributed by atoms with Crippen molar-refractivity contribution in [2.45, 2.75) is 26.8 Å². The summed E-state index contributed by atoms with van der Waals surface area (Å²) < 4.78 is 0. The highest BCUT2D eigenvalue weighted by atomic mass is 16.2. The van der Waals surface area contributed by atoms with Gasteiger partial charge in [-0.05, 0) is 20.4 Å². The number of hydrogen-bond acceptors (Lipinski definition) is 3. The summed E-state index contributed by atoms with van der Waals surface area (Å²) in [5.74, 6) is -0.201. The summed E-state index contributed by atoms with van der Waals surface area (Å²) in [6, 6.07) is 0.106. The molecule has 0 saturated heterocycles. The molecule has 15 heavy (non-hydrogen) atoms. The zero-order valence-electron chi connectivity index (χ0n) is 9.96. The topological polar surface area (TPSA) is 61.4 Å². The zero-order chi connectivity index (χ0) is 11.8. The minimum atomic E-state index is -0.127. The molecule has 0 spiro atoms. The molecule has 0 aromatic carbocycles. The van der Waals surface area contributed by atoms with E-state index in [9.17, 15) is 9.59 Å². The lowest BCUT2D eigenvalue weighted by Gasteiger charge is -2.17. The second-order valence-corrected chi connectivity index (χ2v) is 3.75. The average Bonchev–Trinajstić information content (AvgIpc) is 2.12. The molecule has 0 rings (SSSR count). The fourth-order valence-electron chi connectivity index (χ4n) is 1.04. The lowest BCUT2D eigenvalue weighted by atomic mass is 10.3. The number of carbonyl (C=O) groups excluding carboxylic acids is 2. The Morgan fingerprint density at radius 1 is 1.33 bits per heavy atom. The van der Waals surface area contributed by atoms with Crippen LogP contribution in [0, 0.1) is 0 Å². The second-order valence-electron chi connectivity index (χ2n) is 3.75. The summed E-state index contributed by atoms with van der Waals surface area (Å²) >= 11 is 0. The predicted molar refractivity (Wildman–Crippen MR) is 59.5 cm³/mol. The number of carbonyl (C=O) groups is 2. The van der Waals surface area contributed by atoms with E-state index in [0.29, 0.717) is 0 Å². The highest BCUT2D eigenvalue weighted by Crippen LogP contribution is 1.85. The Kier molecular flexibility index (Phi) is 6.70. The molecule has 0 aromatic heterocycles. The fourth-order valence-corrected chi connectivity index (χ4v) is 1.04. The van der Waals surface area contributed by atoms with Crippen LogP contribution in [0.3, 0.4) is 0 Å². The molecule has 2 amide bonds. The monoisotopic (exact) mass is 215 g/mol. The first-order valence-corrected chi connectivity index (χ1v) is 5.21. The van der Waals surface area contributed by atoms with Crippen LogP contribution in [0.25, 0.3) is 0 Å². The van der Waals surface area contributed by atoms with E-state index in [4.69, 9.17) is 0 Å². The van der Waals surface area contributed by atoms with Crippen molar-refractivity contribution in [1.82, 2.24) is 15.5 Å². The Morgan fingerprint density at radius 3 is 2.40 bits per heavy atom. The Bertz CT molecular complexity index is 217. The first-order valence-electron chi connectivity index (χ1n) is 5.21. The smallest absolute Gasteiger partial charge is 0.239 e. The maximum atomic E-state index is 11.4. The van der Waals surface area contributed by atoms with Crippen LogP contribution in [0.15, 0.2) is 0 Å². The summed E-state index contributed by atoms with van der Waals surface area (Å²) in [5, 5.41) is 5.65. The minimum absolute atomic E-state index is 0.0734. The standard InChI is InChI=1S/C10H21N3O2/c1-5-11-6-10(15)13(4)7-9(14)12-8(2)3/h8,11H,5-7H2,1-4H3,(H,12,14). The van der Waals surface area contributed by atoms with Crippen molar-refractivity contribution in [2.24, 2.45) is 0 Å². The molecule has 0 fully saturated rings. The molecular formula is C10H21N3O2. The minimum Gasteiger partial charge on any atom is -0.352 e. The molecule has 88 valence electrons. The van der Waals surface area contributed by atoms with E-state index < -0.39 is 0 Å². The van der Waals surface area contributed by atoms with Gasteiger partial charge < -0.3 is 15.5 Å². The van der Waals surface area contributed by atoms with Crippen molar-refractivity contribution < 1.29 is 9.59 Å². The third kappa shape index (κ3) is 6.90. The lowest BCUT2D eigenvalue weighted by molar-refractivity contribution is -0.134. The molecule has 0 aliphatic carbocycles. The largest absolute Gasteiger partial charge is 0.352 e. The summed E-state index contributed by atoms with van der Waals surface area (Å²) in [5.41, 5.74) is 0. The van der Waals surface area contributed by atoms with E-state index in [0.717, 1.165) is 6.54 Å². The molecule has 0 unspecified atom stereocenters. The van der Waals surface area contributed by atoms with Gasteiger partial charge in [-0.3, -0.25) is 9.59 Å². The summed E-state index contributed by atoms with van der Waals surface area (Å²) in [7, 11) is 1.62. The Labute approximate surface area is 91.2 Å². The molecule has 2 N–H and O–H groups in total. The number of rotatable bonds is 6. The van der Waals surface area contributed by atoms with Crippen molar-refractivity contribution in [2.75, 3.05) is 26.7 Å². The first kappa shape index (κ1) is 13.9. The van der Waals surface area contributed by atoms with Crippen LogP contribution in [0.4, 0.5) is 0 Å². The normalized spacial score (nSPS) is 10.2. The van der Waals surface area contributed by atoms with Crippen molar-refractivity contribution in [1.29, 1.82) is 0 Å². The van der Waals surface area contributed by atoms with Gasteiger partial charge in [-0.25, -0.2) is 0 Å². The van der Waals surface area contributed by atoms with E-state index in [1.165, 1.54) is 4.90 Å². The maximum absolute atomic E-state index is 11.4. The molecule has 0 bridgehead atoms. The van der Waals surface area contributed by atoms with Gasteiger partial charge in [0, 0.05) is 13.1 Å². The van der Waals surface area contributed by atoms with Crippen LogP contribution >= 0.6 is 0 Å². The average molecular weight is 215 g/mol. The lowest BCUT2D eigenvalue weighted by Crippen LogP contribution is -2.43. The number of nitrogens with zero attached hydrogens (tertiary/aromatic N) is 1. The molecule has 0 atom stereocenters. The van der Waals surface area contributed by atoms with Crippen molar-refractivity contribution in [3.63, 3.8) is 0 Å². The fraction of sp³-hybridized carbons (Fsp3) is 0.800. The van der Waals surface area contributed by atoms with Gasteiger partial charge in [0.05, 0.1) is 13.1 Å². The molecule has 0 aliphatic heterocycles. The first-order chi connectivity index (χ1) is 6.97. The highest BCUT2D eigenvalue weighted by Gasteiger charge is 2.12. The maximum Gasteiger partial charge on any atom is 0.239 e. The molecule has 0 radical (unpaired) electrons. The molecular weight excluding hydrogens is 194 g/mol. The molecule has 0 saturated carbocycles. The quantitative estimate of drug-likeness (QED) is 0.632. The van der Waals surface area contributed by atoms with Crippen LogP contribution in [0.2, 0.25) is 0 Å². The van der Waals surface area contributed by atoms with Gasteiger partial charge in [-0.15, -0.1) is 0 Å². The van der Waals surface area contributed by atoms with E-state index >= 15 is 0 Å². The van der Waals surface area contributed by atoms with E-state index in [-0.39, 0.29) is 30.9 Å². The molecule has 5 heteroatoms. The third-order valence-corrected chi connectivity index (χ3v) is 1.78. The van der Waals surface area contributed by atoms with E-state index in [2.05, 4.69) is 10.6 Å². The van der Waals surface area contributed by atoms with E-state index in [1.807, 2.05) is 20.8 Å². The van der Waals surface area contributed by atoms with Crippen LogP contribution in [0.1, 0.15) is 20.8 Å². The Hall–Kier alpha value is -1.10. The van der Waals surface area contributed by atoms with Gasteiger partial charge in [-0.2, -0.15) is 0 Å². The number of nitrogens with one attached hydrogen (secondary N) is 2. The second kappa shape index (κ2) is 7.23.